The molecule has 0 N–H and O–H groups in total. The summed E-state index contributed by atoms with van der Waals surface area (Å²) in [5, 5.41) is 2.13. The van der Waals surface area contributed by atoms with E-state index >= 15 is 0 Å². The number of rotatable bonds is 2. The molecule has 0 fully saturated rings. The van der Waals surface area contributed by atoms with E-state index < -0.39 is 0 Å². The Bertz CT molecular complexity index is 1780. The van der Waals surface area contributed by atoms with Crippen molar-refractivity contribution in [2.24, 2.45) is 0 Å². The summed E-state index contributed by atoms with van der Waals surface area (Å²) >= 11 is 0. The molecule has 0 amide bonds. The Labute approximate surface area is 204 Å². The summed E-state index contributed by atoms with van der Waals surface area (Å²) in [6, 6.07) is 34.0. The maximum Gasteiger partial charge on any atom is 0.160 e. The molecule has 1 aliphatic carbocycles. The Morgan fingerprint density at radius 3 is 2.34 bits per heavy atom. The Morgan fingerprint density at radius 2 is 1.40 bits per heavy atom. The Morgan fingerprint density at radius 1 is 0.629 bits per heavy atom. The molecule has 0 aliphatic heterocycles. The number of pyridine rings is 1. The first kappa shape index (κ1) is 20.0. The van der Waals surface area contributed by atoms with Crippen LogP contribution < -0.4 is 0 Å². The third kappa shape index (κ3) is 2.95. The third-order valence-electron chi connectivity index (χ3n) is 7.33. The van der Waals surface area contributed by atoms with Gasteiger partial charge in [-0.15, -0.1) is 0 Å². The summed E-state index contributed by atoms with van der Waals surface area (Å²) in [5.41, 5.74) is 10.1. The van der Waals surface area contributed by atoms with Crippen LogP contribution in [0.5, 0.6) is 0 Å². The summed E-state index contributed by atoms with van der Waals surface area (Å²) in [4.78, 5) is 14.9. The van der Waals surface area contributed by atoms with Crippen molar-refractivity contribution < 1.29 is 0 Å². The van der Waals surface area contributed by atoms with E-state index in [2.05, 4.69) is 92.7 Å². The molecule has 3 heteroatoms. The minimum Gasteiger partial charge on any atom is -0.256 e. The molecule has 2 heterocycles. The van der Waals surface area contributed by atoms with Gasteiger partial charge in [0.05, 0.1) is 16.7 Å². The molecule has 1 aliphatic rings. The molecule has 0 spiro atoms. The normalized spacial score (nSPS) is 13.7. The van der Waals surface area contributed by atoms with Gasteiger partial charge in [0.15, 0.2) is 5.82 Å². The van der Waals surface area contributed by atoms with Crippen molar-refractivity contribution in [1.82, 2.24) is 15.0 Å². The average molecular weight is 450 g/mol. The number of aromatic nitrogens is 3. The number of nitrogens with zero attached hydrogens (tertiary/aromatic N) is 3. The lowest BCUT2D eigenvalue weighted by molar-refractivity contribution is 0.660. The second kappa shape index (κ2) is 7.31. The van der Waals surface area contributed by atoms with Crippen LogP contribution >= 0.6 is 0 Å². The molecule has 35 heavy (non-hydrogen) atoms. The molecule has 7 rings (SSSR count). The van der Waals surface area contributed by atoms with Gasteiger partial charge in [-0.05, 0) is 40.5 Å². The van der Waals surface area contributed by atoms with Gasteiger partial charge in [-0.25, -0.2) is 9.97 Å². The van der Waals surface area contributed by atoms with Crippen LogP contribution in [0.2, 0.25) is 0 Å². The smallest absolute Gasteiger partial charge is 0.160 e. The van der Waals surface area contributed by atoms with Crippen molar-refractivity contribution in [3.05, 3.63) is 114 Å². The number of hydrogen-bond acceptors (Lipinski definition) is 3. The van der Waals surface area contributed by atoms with Crippen LogP contribution in [0, 0.1) is 0 Å². The number of hydrogen-bond donors (Lipinski definition) is 0. The minimum absolute atomic E-state index is 0.0683. The van der Waals surface area contributed by atoms with Gasteiger partial charge in [0.25, 0.3) is 0 Å². The molecule has 0 bridgehead atoms. The Balaban J connectivity index is 1.47. The van der Waals surface area contributed by atoms with Gasteiger partial charge >= 0.3 is 0 Å². The van der Waals surface area contributed by atoms with E-state index in [-0.39, 0.29) is 5.41 Å². The van der Waals surface area contributed by atoms with Gasteiger partial charge in [0.2, 0.25) is 0 Å². The van der Waals surface area contributed by atoms with Crippen molar-refractivity contribution in [3.8, 4) is 33.8 Å². The molecule has 4 aromatic carbocycles. The molecular formula is C32H23N3. The molecule has 0 radical (unpaired) electrons. The van der Waals surface area contributed by atoms with Crippen LogP contribution in [0.3, 0.4) is 0 Å². The molecule has 3 nitrogen and oxygen atoms in total. The van der Waals surface area contributed by atoms with Gasteiger partial charge in [-0.2, -0.15) is 0 Å². The van der Waals surface area contributed by atoms with Crippen LogP contribution in [0.15, 0.2) is 103 Å². The molecular weight excluding hydrogens is 426 g/mol. The van der Waals surface area contributed by atoms with E-state index in [0.29, 0.717) is 0 Å². The van der Waals surface area contributed by atoms with Gasteiger partial charge in [0, 0.05) is 33.5 Å². The fourth-order valence-electron chi connectivity index (χ4n) is 5.55. The van der Waals surface area contributed by atoms with Crippen LogP contribution in [0.25, 0.3) is 55.6 Å². The summed E-state index contributed by atoms with van der Waals surface area (Å²) in [7, 11) is 0. The van der Waals surface area contributed by atoms with E-state index in [0.717, 1.165) is 44.5 Å². The fraction of sp³-hybridized carbons (Fsp3) is 0.0938. The van der Waals surface area contributed by atoms with Crippen molar-refractivity contribution in [2.45, 2.75) is 19.3 Å². The first-order valence-electron chi connectivity index (χ1n) is 12.0. The van der Waals surface area contributed by atoms with Crippen LogP contribution in [0.1, 0.15) is 25.0 Å². The van der Waals surface area contributed by atoms with Crippen molar-refractivity contribution >= 4 is 21.8 Å². The highest BCUT2D eigenvalue weighted by atomic mass is 14.9. The van der Waals surface area contributed by atoms with E-state index in [1.165, 1.54) is 22.3 Å². The molecule has 0 atom stereocenters. The van der Waals surface area contributed by atoms with Crippen LogP contribution in [0.4, 0.5) is 0 Å². The molecule has 6 aromatic rings. The second-order valence-corrected chi connectivity index (χ2v) is 9.72. The first-order valence-corrected chi connectivity index (χ1v) is 12.0. The number of para-hydroxylation sites is 2. The Hall–Kier alpha value is -4.37. The quantitative estimate of drug-likeness (QED) is 0.270. The van der Waals surface area contributed by atoms with Crippen molar-refractivity contribution in [2.75, 3.05) is 0 Å². The average Bonchev–Trinajstić information content (AvgIpc) is 3.14. The summed E-state index contributed by atoms with van der Waals surface area (Å²) in [6.45, 7) is 4.60. The predicted molar refractivity (Wildman–Crippen MR) is 143 cm³/mol. The zero-order chi connectivity index (χ0) is 23.6. The summed E-state index contributed by atoms with van der Waals surface area (Å²) in [6.07, 6.45) is 1.84. The molecule has 2 aromatic heterocycles. The number of fused-ring (bicyclic) bond motifs is 5. The van der Waals surface area contributed by atoms with E-state index in [1.807, 2.05) is 24.4 Å². The predicted octanol–water partition coefficient (Wildman–Crippen LogP) is 7.82. The van der Waals surface area contributed by atoms with Gasteiger partial charge in [-0.3, -0.25) is 4.98 Å². The zero-order valence-corrected chi connectivity index (χ0v) is 19.7. The summed E-state index contributed by atoms with van der Waals surface area (Å²) < 4.78 is 0. The maximum absolute atomic E-state index is 5.16. The molecule has 166 valence electrons. The van der Waals surface area contributed by atoms with E-state index in [9.17, 15) is 0 Å². The highest BCUT2D eigenvalue weighted by Gasteiger charge is 2.35. The monoisotopic (exact) mass is 449 g/mol. The fourth-order valence-corrected chi connectivity index (χ4v) is 5.55. The number of benzene rings is 4. The maximum atomic E-state index is 5.16. The van der Waals surface area contributed by atoms with Crippen molar-refractivity contribution in [3.63, 3.8) is 0 Å². The standard InChI is InChI=1S/C32H23N3/c1-32(2)26-14-5-3-11-22(26)23-17-16-21(19-27(23)32)31-34-28-15-6-4-12-24(28)30(35-31)25-13-7-9-20-10-8-18-33-29(20)25/h3-19H,1-2H3. The molecule has 0 saturated carbocycles. The summed E-state index contributed by atoms with van der Waals surface area (Å²) in [5.74, 6) is 0.737. The van der Waals surface area contributed by atoms with Crippen LogP contribution in [-0.4, -0.2) is 15.0 Å². The lowest BCUT2D eigenvalue weighted by Crippen LogP contribution is -2.15. The third-order valence-corrected chi connectivity index (χ3v) is 7.33. The lowest BCUT2D eigenvalue weighted by Gasteiger charge is -2.21. The minimum atomic E-state index is -0.0683. The van der Waals surface area contributed by atoms with E-state index in [1.54, 1.807) is 0 Å². The van der Waals surface area contributed by atoms with Gasteiger partial charge in [0.1, 0.15) is 0 Å². The van der Waals surface area contributed by atoms with Crippen molar-refractivity contribution in [1.29, 1.82) is 0 Å². The SMILES string of the molecule is CC1(C)c2ccccc2-c2ccc(-c3nc(-c4cccc5cccnc45)c4ccccc4n3)cc21. The highest BCUT2D eigenvalue weighted by Crippen LogP contribution is 2.49. The topological polar surface area (TPSA) is 38.7 Å². The van der Waals surface area contributed by atoms with Crippen LogP contribution in [-0.2, 0) is 5.41 Å². The van der Waals surface area contributed by atoms with Gasteiger partial charge in [-0.1, -0.05) is 92.7 Å². The molecule has 0 unspecified atom stereocenters. The second-order valence-electron chi connectivity index (χ2n) is 9.72. The first-order chi connectivity index (χ1) is 17.1. The zero-order valence-electron chi connectivity index (χ0n) is 19.7. The Kier molecular flexibility index (Phi) is 4.19. The van der Waals surface area contributed by atoms with Gasteiger partial charge < -0.3 is 0 Å². The lowest BCUT2D eigenvalue weighted by atomic mass is 9.82. The highest BCUT2D eigenvalue weighted by molar-refractivity contribution is 6.02. The van der Waals surface area contributed by atoms with E-state index in [4.69, 9.17) is 15.0 Å². The molecule has 0 saturated heterocycles. The largest absolute Gasteiger partial charge is 0.256 e.